The summed E-state index contributed by atoms with van der Waals surface area (Å²) < 4.78 is 43.7. The van der Waals surface area contributed by atoms with Crippen LogP contribution in [0.25, 0.3) is 0 Å². The van der Waals surface area contributed by atoms with Gasteiger partial charge in [0, 0.05) is 19.7 Å². The van der Waals surface area contributed by atoms with Crippen LogP contribution in [0, 0.1) is 0 Å². The first-order chi connectivity index (χ1) is 18.2. The fourth-order valence-corrected chi connectivity index (χ4v) is 5.16. The topological polar surface area (TPSA) is 114 Å². The van der Waals surface area contributed by atoms with Gasteiger partial charge in [-0.25, -0.2) is 8.42 Å². The molecule has 3 aromatic rings. The van der Waals surface area contributed by atoms with E-state index in [4.69, 9.17) is 14.2 Å². The smallest absolute Gasteiger partial charge is 0.263 e. The number of amides is 2. The number of ether oxygens (including phenoxy) is 3. The SMILES string of the molecule is COc1ccc(S(=O)(=O)N(C)CC(=O)N2C[C@H](C(=O)NCc3ccccc3)Oc3ccccc32)cc1OC. The number of nitrogens with zero attached hydrogens (tertiary/aromatic N) is 2. The lowest BCUT2D eigenvalue weighted by molar-refractivity contribution is -0.128. The van der Waals surface area contributed by atoms with Crippen LogP contribution in [0.4, 0.5) is 5.69 Å². The summed E-state index contributed by atoms with van der Waals surface area (Å²) in [5, 5.41) is 2.84. The molecule has 2 amide bonds. The van der Waals surface area contributed by atoms with Crippen LogP contribution in [0.3, 0.4) is 0 Å². The van der Waals surface area contributed by atoms with Gasteiger partial charge in [0.05, 0.1) is 37.9 Å². The number of fused-ring (bicyclic) bond motifs is 1. The van der Waals surface area contributed by atoms with Gasteiger partial charge in [-0.2, -0.15) is 4.31 Å². The number of rotatable bonds is 9. The van der Waals surface area contributed by atoms with Gasteiger partial charge in [-0.05, 0) is 29.8 Å². The molecule has 38 heavy (non-hydrogen) atoms. The number of sulfonamides is 1. The number of anilines is 1. The molecule has 1 aliphatic heterocycles. The van der Waals surface area contributed by atoms with Crippen LogP contribution in [0.15, 0.2) is 77.7 Å². The van der Waals surface area contributed by atoms with E-state index >= 15 is 0 Å². The van der Waals surface area contributed by atoms with Gasteiger partial charge in [-0.1, -0.05) is 42.5 Å². The Hall–Kier alpha value is -4.09. The van der Waals surface area contributed by atoms with Crippen molar-refractivity contribution in [3.8, 4) is 17.2 Å². The van der Waals surface area contributed by atoms with Crippen LogP contribution in [0.1, 0.15) is 5.56 Å². The molecule has 0 aliphatic carbocycles. The summed E-state index contributed by atoms with van der Waals surface area (Å²) in [4.78, 5) is 27.7. The third kappa shape index (κ3) is 5.74. The van der Waals surface area contributed by atoms with Crippen molar-refractivity contribution < 1.29 is 32.2 Å². The summed E-state index contributed by atoms with van der Waals surface area (Å²) in [7, 11) is 0.140. The number of methoxy groups -OCH3 is 2. The molecule has 0 saturated carbocycles. The highest BCUT2D eigenvalue weighted by Gasteiger charge is 2.35. The normalized spacial score (nSPS) is 14.8. The number of nitrogens with one attached hydrogen (secondary N) is 1. The van der Waals surface area contributed by atoms with Crippen LogP contribution < -0.4 is 24.4 Å². The van der Waals surface area contributed by atoms with E-state index in [0.29, 0.717) is 23.7 Å². The monoisotopic (exact) mass is 539 g/mol. The van der Waals surface area contributed by atoms with E-state index in [1.165, 1.54) is 44.4 Å². The van der Waals surface area contributed by atoms with E-state index in [0.717, 1.165) is 9.87 Å². The fraction of sp³-hybridized carbons (Fsp3) is 0.259. The van der Waals surface area contributed by atoms with E-state index < -0.39 is 28.6 Å². The lowest BCUT2D eigenvalue weighted by Crippen LogP contribution is -2.52. The molecule has 4 rings (SSSR count). The predicted molar refractivity (Wildman–Crippen MR) is 141 cm³/mol. The molecule has 0 bridgehead atoms. The Labute approximate surface area is 221 Å². The minimum atomic E-state index is -4.04. The van der Waals surface area contributed by atoms with Crippen LogP contribution in [0.5, 0.6) is 17.2 Å². The van der Waals surface area contributed by atoms with Gasteiger partial charge < -0.3 is 24.4 Å². The zero-order valence-electron chi connectivity index (χ0n) is 21.3. The molecule has 1 heterocycles. The quantitative estimate of drug-likeness (QED) is 0.444. The minimum Gasteiger partial charge on any atom is -0.493 e. The standard InChI is InChI=1S/C27H29N3O7S/c1-29(38(33,34)20-13-14-23(35-2)24(15-20)36-3)18-26(31)30-17-25(37-22-12-8-7-11-21(22)30)27(32)28-16-19-9-5-4-6-10-19/h4-15,25H,16-18H2,1-3H3,(H,28,32)/t25-/m1/s1. The van der Waals surface area contributed by atoms with Gasteiger partial charge in [-0.15, -0.1) is 0 Å². The van der Waals surface area contributed by atoms with Gasteiger partial charge in [-0.3, -0.25) is 9.59 Å². The number of carbonyl (C=O) groups excluding carboxylic acids is 2. The Balaban J connectivity index is 1.50. The largest absolute Gasteiger partial charge is 0.493 e. The molecule has 1 N–H and O–H groups in total. The van der Waals surface area contributed by atoms with Gasteiger partial charge in [0.2, 0.25) is 15.9 Å². The molecule has 0 aromatic heterocycles. The van der Waals surface area contributed by atoms with Crippen molar-refractivity contribution in [2.75, 3.05) is 39.3 Å². The summed E-state index contributed by atoms with van der Waals surface area (Å²) in [6, 6.07) is 20.5. The second kappa shape index (κ2) is 11.5. The molecule has 200 valence electrons. The Morgan fingerprint density at radius 3 is 2.39 bits per heavy atom. The highest BCUT2D eigenvalue weighted by Crippen LogP contribution is 2.34. The summed E-state index contributed by atoms with van der Waals surface area (Å²) in [6.07, 6.45) is -0.967. The average Bonchev–Trinajstić information content (AvgIpc) is 2.95. The molecule has 11 heteroatoms. The first-order valence-corrected chi connectivity index (χ1v) is 13.2. The summed E-state index contributed by atoms with van der Waals surface area (Å²) in [6.45, 7) is -0.217. The number of benzene rings is 3. The second-order valence-electron chi connectivity index (χ2n) is 8.56. The molecule has 10 nitrogen and oxygen atoms in total. The molecule has 3 aromatic carbocycles. The highest BCUT2D eigenvalue weighted by molar-refractivity contribution is 7.89. The van der Waals surface area contributed by atoms with Crippen molar-refractivity contribution in [1.29, 1.82) is 0 Å². The molecular weight excluding hydrogens is 510 g/mol. The summed E-state index contributed by atoms with van der Waals surface area (Å²) >= 11 is 0. The van der Waals surface area contributed by atoms with Gasteiger partial charge in [0.25, 0.3) is 5.91 Å². The molecule has 0 fully saturated rings. The number of hydrogen-bond acceptors (Lipinski definition) is 7. The van der Waals surface area contributed by atoms with E-state index in [1.807, 2.05) is 30.3 Å². The maximum atomic E-state index is 13.4. The van der Waals surface area contributed by atoms with Crippen molar-refractivity contribution in [2.45, 2.75) is 17.5 Å². The van der Waals surface area contributed by atoms with Crippen LogP contribution in [-0.2, 0) is 26.2 Å². The van der Waals surface area contributed by atoms with E-state index in [2.05, 4.69) is 5.32 Å². The fourth-order valence-electron chi connectivity index (χ4n) is 4.02. The van der Waals surface area contributed by atoms with E-state index in [9.17, 15) is 18.0 Å². The predicted octanol–water partition coefficient (Wildman–Crippen LogP) is 2.43. The molecule has 1 atom stereocenters. The van der Waals surface area contributed by atoms with Crippen molar-refractivity contribution in [2.24, 2.45) is 0 Å². The highest BCUT2D eigenvalue weighted by atomic mass is 32.2. The van der Waals surface area contributed by atoms with Crippen LogP contribution >= 0.6 is 0 Å². The molecular formula is C27H29N3O7S. The number of carbonyl (C=O) groups is 2. The van der Waals surface area contributed by atoms with Crippen molar-refractivity contribution in [3.05, 3.63) is 78.4 Å². The number of likely N-dealkylation sites (N-methyl/N-ethyl adjacent to an activating group) is 1. The lowest BCUT2D eigenvalue weighted by Gasteiger charge is -2.35. The third-order valence-corrected chi connectivity index (χ3v) is 7.90. The van der Waals surface area contributed by atoms with Crippen LogP contribution in [-0.4, -0.2) is 65.0 Å². The third-order valence-electron chi connectivity index (χ3n) is 6.10. The molecule has 0 radical (unpaired) electrons. The zero-order chi connectivity index (χ0) is 27.3. The molecule has 0 saturated heterocycles. The van der Waals surface area contributed by atoms with Crippen molar-refractivity contribution >= 4 is 27.5 Å². The van der Waals surface area contributed by atoms with Gasteiger partial charge in [0.15, 0.2) is 17.6 Å². The van der Waals surface area contributed by atoms with E-state index in [-0.39, 0.29) is 23.1 Å². The Morgan fingerprint density at radius 1 is 1.00 bits per heavy atom. The summed E-state index contributed by atoms with van der Waals surface area (Å²) in [5.74, 6) is 0.101. The van der Waals surface area contributed by atoms with Gasteiger partial charge >= 0.3 is 0 Å². The maximum Gasteiger partial charge on any atom is 0.263 e. The number of hydrogen-bond donors (Lipinski definition) is 1. The maximum absolute atomic E-state index is 13.4. The molecule has 1 aliphatic rings. The Bertz CT molecular complexity index is 1410. The Morgan fingerprint density at radius 2 is 1.68 bits per heavy atom. The first kappa shape index (κ1) is 27.0. The zero-order valence-corrected chi connectivity index (χ0v) is 22.1. The van der Waals surface area contributed by atoms with Crippen molar-refractivity contribution in [3.63, 3.8) is 0 Å². The summed E-state index contributed by atoms with van der Waals surface area (Å²) in [5.41, 5.74) is 1.38. The number of para-hydroxylation sites is 2. The minimum absolute atomic E-state index is 0.0500. The van der Waals surface area contributed by atoms with Crippen LogP contribution in [0.2, 0.25) is 0 Å². The lowest BCUT2D eigenvalue weighted by atomic mass is 10.1. The average molecular weight is 540 g/mol. The first-order valence-electron chi connectivity index (χ1n) is 11.8. The second-order valence-corrected chi connectivity index (χ2v) is 10.6. The van der Waals surface area contributed by atoms with E-state index in [1.54, 1.807) is 24.3 Å². The van der Waals surface area contributed by atoms with Gasteiger partial charge in [0.1, 0.15) is 5.75 Å². The molecule has 0 unspecified atom stereocenters. The van der Waals surface area contributed by atoms with Crippen molar-refractivity contribution in [1.82, 2.24) is 9.62 Å². The Kier molecular flexibility index (Phi) is 8.18. The molecule has 0 spiro atoms.